The van der Waals surface area contributed by atoms with E-state index in [-0.39, 0.29) is 22.3 Å². The number of nitrogens with two attached hydrogens (primary N) is 1. The zero-order valence-electron chi connectivity index (χ0n) is 13.4. The van der Waals surface area contributed by atoms with E-state index in [9.17, 15) is 9.59 Å². The van der Waals surface area contributed by atoms with Gasteiger partial charge in [-0.15, -0.1) is 0 Å². The molecule has 1 aliphatic rings. The van der Waals surface area contributed by atoms with Crippen LogP contribution in [0.3, 0.4) is 0 Å². The first-order valence-corrected chi connectivity index (χ1v) is 7.92. The highest BCUT2D eigenvalue weighted by molar-refractivity contribution is 7.80. The van der Waals surface area contributed by atoms with Crippen molar-refractivity contribution in [1.82, 2.24) is 10.6 Å². The molecule has 0 bridgehead atoms. The van der Waals surface area contributed by atoms with Crippen LogP contribution in [0.1, 0.15) is 59.8 Å². The number of thiocarbonyl (C=S) groups is 1. The molecule has 1 fully saturated rings. The molecule has 1 saturated carbocycles. The molecule has 2 amide bonds. The Kier molecular flexibility index (Phi) is 5.73. The molecule has 5 nitrogen and oxygen atoms in total. The van der Waals surface area contributed by atoms with Crippen molar-refractivity contribution in [3.05, 3.63) is 0 Å². The Bertz CT molecular complexity index is 423. The number of hydrogen-bond acceptors (Lipinski definition) is 3. The highest BCUT2D eigenvalue weighted by atomic mass is 32.1. The average Bonchev–Trinajstić information content (AvgIpc) is 2.37. The highest BCUT2D eigenvalue weighted by Crippen LogP contribution is 2.37. The molecule has 0 saturated heterocycles. The zero-order valence-corrected chi connectivity index (χ0v) is 14.2. The topological polar surface area (TPSA) is 84.2 Å². The van der Waals surface area contributed by atoms with Crippen molar-refractivity contribution in [1.29, 1.82) is 0 Å². The number of carbonyl (C=O) groups excluding carboxylic acids is 2. The Hall–Kier alpha value is -1.17. The predicted octanol–water partition coefficient (Wildman–Crippen LogP) is 1.64. The second-order valence-electron chi connectivity index (χ2n) is 6.94. The van der Waals surface area contributed by atoms with Gasteiger partial charge in [-0.3, -0.25) is 9.59 Å². The van der Waals surface area contributed by atoms with E-state index in [4.69, 9.17) is 18.0 Å². The molecule has 0 aromatic rings. The normalized spacial score (nSPS) is 19.4. The number of rotatable bonds is 4. The molecule has 0 aromatic carbocycles. The third kappa shape index (κ3) is 4.66. The minimum Gasteiger partial charge on any atom is -0.392 e. The van der Waals surface area contributed by atoms with Gasteiger partial charge in [-0.05, 0) is 40.5 Å². The first-order valence-electron chi connectivity index (χ1n) is 7.51. The number of hydrogen-bond donors (Lipinski definition) is 3. The lowest BCUT2D eigenvalue weighted by Crippen LogP contribution is -2.56. The van der Waals surface area contributed by atoms with E-state index in [1.165, 1.54) is 0 Å². The van der Waals surface area contributed by atoms with Crippen LogP contribution in [-0.4, -0.2) is 28.4 Å². The smallest absolute Gasteiger partial charge is 0.242 e. The minimum absolute atomic E-state index is 0.204. The Morgan fingerprint density at radius 2 is 1.71 bits per heavy atom. The van der Waals surface area contributed by atoms with Crippen LogP contribution in [0.4, 0.5) is 0 Å². The minimum atomic E-state index is -0.788. The van der Waals surface area contributed by atoms with E-state index in [0.29, 0.717) is 12.8 Å². The van der Waals surface area contributed by atoms with Gasteiger partial charge in [0.1, 0.15) is 6.04 Å². The zero-order chi connectivity index (χ0) is 16.3. The Labute approximate surface area is 132 Å². The first kappa shape index (κ1) is 17.9. The van der Waals surface area contributed by atoms with Crippen LogP contribution in [0.5, 0.6) is 0 Å². The van der Waals surface area contributed by atoms with Gasteiger partial charge < -0.3 is 16.4 Å². The van der Waals surface area contributed by atoms with Crippen LogP contribution >= 0.6 is 12.2 Å². The fourth-order valence-corrected chi connectivity index (χ4v) is 2.92. The maximum atomic E-state index is 12.6. The molecular formula is C15H27N3O2S. The number of amides is 2. The molecule has 4 N–H and O–H groups in total. The van der Waals surface area contributed by atoms with Crippen molar-refractivity contribution in [2.45, 2.75) is 71.4 Å². The van der Waals surface area contributed by atoms with E-state index in [1.807, 2.05) is 20.8 Å². The van der Waals surface area contributed by atoms with Crippen LogP contribution in [0.15, 0.2) is 0 Å². The summed E-state index contributed by atoms with van der Waals surface area (Å²) in [7, 11) is 0. The van der Waals surface area contributed by atoms with Gasteiger partial charge in [0.2, 0.25) is 11.8 Å². The quantitative estimate of drug-likeness (QED) is 0.689. The molecule has 0 aromatic heterocycles. The lowest BCUT2D eigenvalue weighted by atomic mass is 9.73. The summed E-state index contributed by atoms with van der Waals surface area (Å²) in [6.45, 7) is 7.38. The van der Waals surface area contributed by atoms with Crippen molar-refractivity contribution in [2.24, 2.45) is 11.1 Å². The van der Waals surface area contributed by atoms with Crippen molar-refractivity contribution < 1.29 is 9.59 Å². The first-order chi connectivity index (χ1) is 9.58. The fourth-order valence-electron chi connectivity index (χ4n) is 2.62. The third-order valence-corrected chi connectivity index (χ3v) is 4.24. The van der Waals surface area contributed by atoms with E-state index >= 15 is 0 Å². The lowest BCUT2D eigenvalue weighted by molar-refractivity contribution is -0.133. The maximum absolute atomic E-state index is 12.6. The molecule has 21 heavy (non-hydrogen) atoms. The van der Waals surface area contributed by atoms with Crippen LogP contribution in [0, 0.1) is 5.41 Å². The summed E-state index contributed by atoms with van der Waals surface area (Å²) in [5.41, 5.74) is 4.71. The predicted molar refractivity (Wildman–Crippen MR) is 87.8 cm³/mol. The molecule has 0 heterocycles. The Morgan fingerprint density at radius 1 is 1.19 bits per heavy atom. The summed E-state index contributed by atoms with van der Waals surface area (Å²) in [5.74, 6) is -0.420. The largest absolute Gasteiger partial charge is 0.392 e. The second-order valence-corrected chi connectivity index (χ2v) is 7.38. The van der Waals surface area contributed by atoms with Crippen LogP contribution < -0.4 is 16.4 Å². The molecular weight excluding hydrogens is 286 g/mol. The van der Waals surface area contributed by atoms with E-state index in [2.05, 4.69) is 10.6 Å². The Morgan fingerprint density at radius 3 is 2.14 bits per heavy atom. The molecule has 1 atom stereocenters. The van der Waals surface area contributed by atoms with Crippen molar-refractivity contribution >= 4 is 29.0 Å². The van der Waals surface area contributed by atoms with Gasteiger partial charge in [0, 0.05) is 5.54 Å². The number of carbonyl (C=O) groups is 2. The average molecular weight is 313 g/mol. The molecule has 0 aliphatic heterocycles. The van der Waals surface area contributed by atoms with Crippen molar-refractivity contribution in [3.63, 3.8) is 0 Å². The summed E-state index contributed by atoms with van der Waals surface area (Å²) < 4.78 is 0. The summed E-state index contributed by atoms with van der Waals surface area (Å²) in [6.07, 6.45) is 4.31. The van der Waals surface area contributed by atoms with Crippen LogP contribution in [-0.2, 0) is 9.59 Å². The highest BCUT2D eigenvalue weighted by Gasteiger charge is 2.43. The van der Waals surface area contributed by atoms with Crippen LogP contribution in [0.25, 0.3) is 0 Å². The summed E-state index contributed by atoms with van der Waals surface area (Å²) >= 11 is 5.13. The third-order valence-electron chi connectivity index (χ3n) is 3.85. The Balaban J connectivity index is 2.74. The molecule has 0 radical (unpaired) electrons. The van der Waals surface area contributed by atoms with Gasteiger partial charge in [-0.25, -0.2) is 0 Å². The van der Waals surface area contributed by atoms with Gasteiger partial charge in [-0.2, -0.15) is 0 Å². The van der Waals surface area contributed by atoms with E-state index in [0.717, 1.165) is 19.3 Å². The fraction of sp³-hybridized carbons (Fsp3) is 0.800. The number of nitrogens with one attached hydrogen (secondary N) is 2. The SMILES string of the molecule is CC(NC(=O)C1(C(N)=S)CCCCC1)C(=O)NC(C)(C)C. The summed E-state index contributed by atoms with van der Waals surface area (Å²) in [4.78, 5) is 24.9. The van der Waals surface area contributed by atoms with Gasteiger partial charge in [0.15, 0.2) is 0 Å². The van der Waals surface area contributed by atoms with Gasteiger partial charge in [-0.1, -0.05) is 31.5 Å². The van der Waals surface area contributed by atoms with E-state index < -0.39 is 11.5 Å². The van der Waals surface area contributed by atoms with Gasteiger partial charge in [0.05, 0.1) is 10.4 Å². The standard InChI is InChI=1S/C15H27N3O2S/c1-10(11(19)18-14(2,3)4)17-13(20)15(12(16)21)8-6-5-7-9-15/h10H,5-9H2,1-4H3,(H2,16,21)(H,17,20)(H,18,19). The van der Waals surface area contributed by atoms with Crippen LogP contribution in [0.2, 0.25) is 0 Å². The molecule has 6 heteroatoms. The lowest BCUT2D eigenvalue weighted by Gasteiger charge is -2.35. The maximum Gasteiger partial charge on any atom is 0.242 e. The molecule has 1 unspecified atom stereocenters. The van der Waals surface area contributed by atoms with Crippen molar-refractivity contribution in [2.75, 3.05) is 0 Å². The van der Waals surface area contributed by atoms with Gasteiger partial charge >= 0.3 is 0 Å². The molecule has 0 spiro atoms. The molecule has 1 aliphatic carbocycles. The van der Waals surface area contributed by atoms with Crippen molar-refractivity contribution in [3.8, 4) is 0 Å². The van der Waals surface area contributed by atoms with Gasteiger partial charge in [0.25, 0.3) is 0 Å². The van der Waals surface area contributed by atoms with E-state index in [1.54, 1.807) is 6.92 Å². The summed E-state index contributed by atoms with van der Waals surface area (Å²) in [5, 5.41) is 5.63. The molecule has 1 rings (SSSR count). The second kappa shape index (κ2) is 6.73. The molecule has 120 valence electrons. The summed E-state index contributed by atoms with van der Waals surface area (Å²) in [6, 6.07) is -0.607. The monoisotopic (exact) mass is 313 g/mol.